The van der Waals surface area contributed by atoms with Gasteiger partial charge in [0.05, 0.1) is 0 Å². The molecule has 0 bridgehead atoms. The Morgan fingerprint density at radius 3 is 2.60 bits per heavy atom. The molecule has 3 heteroatoms. The highest BCUT2D eigenvalue weighted by Gasteiger charge is 2.07. The van der Waals surface area contributed by atoms with Crippen LogP contribution in [0, 0.1) is 6.92 Å². The van der Waals surface area contributed by atoms with Crippen LogP contribution >= 0.6 is 0 Å². The van der Waals surface area contributed by atoms with Gasteiger partial charge in [-0.15, -0.1) is 0 Å². The largest absolute Gasteiger partial charge is 0.334 e. The topological polar surface area (TPSA) is 38.9 Å². The number of aryl methyl sites for hydroxylation is 2. The lowest BCUT2D eigenvalue weighted by molar-refractivity contribution is 0.422. The molecule has 1 heterocycles. The quantitative estimate of drug-likeness (QED) is 0.768. The predicted octanol–water partition coefficient (Wildman–Crippen LogP) is 3.00. The van der Waals surface area contributed by atoms with Crippen LogP contribution in [0.5, 0.6) is 0 Å². The summed E-state index contributed by atoms with van der Waals surface area (Å²) >= 11 is 0. The van der Waals surface area contributed by atoms with Crippen LogP contribution in [0.25, 0.3) is 11.5 Å². The highest BCUT2D eigenvalue weighted by molar-refractivity contribution is 5.53. The van der Waals surface area contributed by atoms with Crippen molar-refractivity contribution >= 4 is 0 Å². The van der Waals surface area contributed by atoms with Crippen LogP contribution in [0.1, 0.15) is 24.7 Å². The Bertz CT molecular complexity index is 431. The number of benzene rings is 1. The van der Waals surface area contributed by atoms with Crippen LogP contribution in [0.2, 0.25) is 0 Å². The maximum absolute atomic E-state index is 5.18. The van der Waals surface area contributed by atoms with E-state index in [0.29, 0.717) is 5.89 Å². The monoisotopic (exact) mass is 202 g/mol. The molecule has 2 rings (SSSR count). The van der Waals surface area contributed by atoms with E-state index in [4.69, 9.17) is 4.52 Å². The molecule has 0 unspecified atom stereocenters. The standard InChI is InChI=1S/C12H14N2O/c1-3-4-11-13-12(15-14-11)10-7-5-9(2)6-8-10/h5-8H,3-4H2,1-2H3. The molecule has 0 amide bonds. The minimum Gasteiger partial charge on any atom is -0.334 e. The van der Waals surface area contributed by atoms with Gasteiger partial charge in [0.25, 0.3) is 5.89 Å². The molecule has 0 fully saturated rings. The minimum absolute atomic E-state index is 0.610. The molecule has 0 saturated carbocycles. The van der Waals surface area contributed by atoms with Crippen LogP contribution in [-0.4, -0.2) is 10.1 Å². The first-order chi connectivity index (χ1) is 7.29. The second-order valence-electron chi connectivity index (χ2n) is 3.63. The molecule has 15 heavy (non-hydrogen) atoms. The summed E-state index contributed by atoms with van der Waals surface area (Å²) in [5, 5.41) is 3.92. The molecular formula is C12H14N2O. The van der Waals surface area contributed by atoms with E-state index in [1.165, 1.54) is 5.56 Å². The SMILES string of the molecule is CCCc1noc(-c2ccc(C)cc2)n1. The second-order valence-corrected chi connectivity index (χ2v) is 3.63. The summed E-state index contributed by atoms with van der Waals surface area (Å²) in [5.41, 5.74) is 2.21. The molecule has 0 spiro atoms. The summed E-state index contributed by atoms with van der Waals surface area (Å²) in [6.45, 7) is 4.15. The molecule has 0 saturated heterocycles. The van der Waals surface area contributed by atoms with E-state index >= 15 is 0 Å². The highest BCUT2D eigenvalue weighted by Crippen LogP contribution is 2.17. The van der Waals surface area contributed by atoms with Crippen molar-refractivity contribution in [2.24, 2.45) is 0 Å². The first-order valence-corrected chi connectivity index (χ1v) is 5.19. The highest BCUT2D eigenvalue weighted by atomic mass is 16.5. The van der Waals surface area contributed by atoms with Gasteiger partial charge in [0.15, 0.2) is 5.82 Å². The lowest BCUT2D eigenvalue weighted by Gasteiger charge is -1.94. The fourth-order valence-corrected chi connectivity index (χ4v) is 1.39. The molecule has 0 aliphatic carbocycles. The third kappa shape index (κ3) is 2.24. The third-order valence-corrected chi connectivity index (χ3v) is 2.24. The number of hydrogen-bond acceptors (Lipinski definition) is 3. The van der Waals surface area contributed by atoms with E-state index in [9.17, 15) is 0 Å². The molecule has 0 aliphatic rings. The Labute approximate surface area is 89.1 Å². The van der Waals surface area contributed by atoms with Crippen molar-refractivity contribution in [1.82, 2.24) is 10.1 Å². The molecule has 1 aromatic heterocycles. The van der Waals surface area contributed by atoms with Crippen molar-refractivity contribution in [2.45, 2.75) is 26.7 Å². The zero-order valence-corrected chi connectivity index (χ0v) is 9.03. The molecule has 0 aliphatic heterocycles. The summed E-state index contributed by atoms with van der Waals surface area (Å²) in [6, 6.07) is 8.08. The van der Waals surface area contributed by atoms with Crippen LogP contribution in [0.3, 0.4) is 0 Å². The zero-order valence-electron chi connectivity index (χ0n) is 9.03. The lowest BCUT2D eigenvalue weighted by Crippen LogP contribution is -1.85. The van der Waals surface area contributed by atoms with Gasteiger partial charge >= 0.3 is 0 Å². The summed E-state index contributed by atoms with van der Waals surface area (Å²) in [4.78, 5) is 4.32. The first-order valence-electron chi connectivity index (χ1n) is 5.19. The maximum Gasteiger partial charge on any atom is 0.257 e. The Balaban J connectivity index is 2.25. The van der Waals surface area contributed by atoms with Gasteiger partial charge in [-0.2, -0.15) is 4.98 Å². The van der Waals surface area contributed by atoms with Crippen LogP contribution in [0.15, 0.2) is 28.8 Å². The van der Waals surface area contributed by atoms with Gasteiger partial charge in [0.1, 0.15) is 0 Å². The van der Waals surface area contributed by atoms with Crippen LogP contribution < -0.4 is 0 Å². The van der Waals surface area contributed by atoms with E-state index in [-0.39, 0.29) is 0 Å². The van der Waals surface area contributed by atoms with E-state index in [1.54, 1.807) is 0 Å². The fraction of sp³-hybridized carbons (Fsp3) is 0.333. The van der Waals surface area contributed by atoms with Gasteiger partial charge in [-0.3, -0.25) is 0 Å². The van der Waals surface area contributed by atoms with Gasteiger partial charge in [-0.1, -0.05) is 29.8 Å². The van der Waals surface area contributed by atoms with E-state index < -0.39 is 0 Å². The molecular weight excluding hydrogens is 188 g/mol. The number of nitrogens with zero attached hydrogens (tertiary/aromatic N) is 2. The van der Waals surface area contributed by atoms with Crippen LogP contribution in [0.4, 0.5) is 0 Å². The molecule has 0 radical (unpaired) electrons. The van der Waals surface area contributed by atoms with Crippen molar-refractivity contribution in [3.05, 3.63) is 35.7 Å². The molecule has 3 nitrogen and oxygen atoms in total. The van der Waals surface area contributed by atoms with Gasteiger partial charge < -0.3 is 4.52 Å². The van der Waals surface area contributed by atoms with Gasteiger partial charge in [0.2, 0.25) is 0 Å². The van der Waals surface area contributed by atoms with Gasteiger partial charge in [-0.05, 0) is 25.5 Å². The minimum atomic E-state index is 0.610. The average molecular weight is 202 g/mol. The fourth-order valence-electron chi connectivity index (χ4n) is 1.39. The molecule has 78 valence electrons. The van der Waals surface area contributed by atoms with E-state index in [1.807, 2.05) is 24.3 Å². The summed E-state index contributed by atoms with van der Waals surface area (Å²) in [7, 11) is 0. The van der Waals surface area contributed by atoms with Crippen molar-refractivity contribution in [2.75, 3.05) is 0 Å². The van der Waals surface area contributed by atoms with E-state index in [0.717, 1.165) is 24.2 Å². The Morgan fingerprint density at radius 2 is 1.93 bits per heavy atom. The summed E-state index contributed by atoms with van der Waals surface area (Å²) in [6.07, 6.45) is 1.90. The van der Waals surface area contributed by atoms with E-state index in [2.05, 4.69) is 24.0 Å². The molecule has 0 N–H and O–H groups in total. The van der Waals surface area contributed by atoms with Gasteiger partial charge in [0, 0.05) is 12.0 Å². The Morgan fingerprint density at radius 1 is 1.20 bits per heavy atom. The summed E-state index contributed by atoms with van der Waals surface area (Å²) in [5.74, 6) is 1.39. The zero-order chi connectivity index (χ0) is 10.7. The van der Waals surface area contributed by atoms with Crippen molar-refractivity contribution in [3.8, 4) is 11.5 Å². The third-order valence-electron chi connectivity index (χ3n) is 2.24. The smallest absolute Gasteiger partial charge is 0.257 e. The molecule has 2 aromatic rings. The van der Waals surface area contributed by atoms with Crippen molar-refractivity contribution < 1.29 is 4.52 Å². The van der Waals surface area contributed by atoms with Crippen molar-refractivity contribution in [3.63, 3.8) is 0 Å². The van der Waals surface area contributed by atoms with Crippen molar-refractivity contribution in [1.29, 1.82) is 0 Å². The number of rotatable bonds is 3. The van der Waals surface area contributed by atoms with Crippen LogP contribution in [-0.2, 0) is 6.42 Å². The molecule has 1 aromatic carbocycles. The predicted molar refractivity (Wildman–Crippen MR) is 58.5 cm³/mol. The van der Waals surface area contributed by atoms with Gasteiger partial charge in [-0.25, -0.2) is 0 Å². The first kappa shape index (κ1) is 9.90. The normalized spacial score (nSPS) is 10.5. The molecule has 0 atom stereocenters. The second kappa shape index (κ2) is 4.26. The Kier molecular flexibility index (Phi) is 2.81. The average Bonchev–Trinajstić information content (AvgIpc) is 2.68. The number of aromatic nitrogens is 2. The number of hydrogen-bond donors (Lipinski definition) is 0. The lowest BCUT2D eigenvalue weighted by atomic mass is 10.1. The maximum atomic E-state index is 5.18. The summed E-state index contributed by atoms with van der Waals surface area (Å²) < 4.78 is 5.18. The Hall–Kier alpha value is -1.64.